The number of aromatic nitrogens is 2. The first-order valence-corrected chi connectivity index (χ1v) is 7.85. The minimum atomic E-state index is -0.501. The lowest BCUT2D eigenvalue weighted by Gasteiger charge is -2.07. The molecule has 0 saturated heterocycles. The Labute approximate surface area is 145 Å². The van der Waals surface area contributed by atoms with Gasteiger partial charge in [0.05, 0.1) is 0 Å². The van der Waals surface area contributed by atoms with Crippen LogP contribution in [0.3, 0.4) is 0 Å². The van der Waals surface area contributed by atoms with Gasteiger partial charge in [0, 0.05) is 5.56 Å². The Bertz CT molecular complexity index is 839. The van der Waals surface area contributed by atoms with Gasteiger partial charge in [0.15, 0.2) is 13.2 Å². The Morgan fingerprint density at radius 1 is 1.08 bits per heavy atom. The fraction of sp³-hybridized carbons (Fsp3) is 0.211. The molecule has 0 N–H and O–H groups in total. The van der Waals surface area contributed by atoms with Gasteiger partial charge in [-0.15, -0.1) is 0 Å². The molecule has 6 heteroatoms. The molecule has 3 aromatic rings. The largest absolute Gasteiger partial charge is 0.482 e. The molecule has 0 aliphatic carbocycles. The molecule has 0 aliphatic rings. The average molecular weight is 338 g/mol. The van der Waals surface area contributed by atoms with Crippen LogP contribution in [0.5, 0.6) is 5.75 Å². The summed E-state index contributed by atoms with van der Waals surface area (Å²) < 4.78 is 15.6. The summed E-state index contributed by atoms with van der Waals surface area (Å²) in [6.07, 6.45) is 0. The highest BCUT2D eigenvalue weighted by atomic mass is 16.6. The van der Waals surface area contributed by atoms with Crippen molar-refractivity contribution in [3.05, 3.63) is 65.5 Å². The molecule has 1 aromatic heterocycles. The van der Waals surface area contributed by atoms with E-state index in [2.05, 4.69) is 10.1 Å². The van der Waals surface area contributed by atoms with Gasteiger partial charge in [0.2, 0.25) is 5.82 Å². The van der Waals surface area contributed by atoms with E-state index in [1.54, 1.807) is 0 Å². The SMILES string of the molecule is Cc1cc(C)cc(OCC(=O)OCc2nc(-c3ccccc3)no2)c1. The summed E-state index contributed by atoms with van der Waals surface area (Å²) >= 11 is 0. The lowest BCUT2D eigenvalue weighted by Crippen LogP contribution is -2.15. The van der Waals surface area contributed by atoms with Crippen LogP contribution < -0.4 is 4.74 Å². The number of carbonyl (C=O) groups is 1. The smallest absolute Gasteiger partial charge is 0.344 e. The summed E-state index contributed by atoms with van der Waals surface area (Å²) in [6.45, 7) is 3.67. The Kier molecular flexibility index (Phi) is 5.09. The second-order valence-corrected chi connectivity index (χ2v) is 5.65. The molecule has 0 unspecified atom stereocenters. The number of nitrogens with zero attached hydrogens (tertiary/aromatic N) is 2. The first-order valence-electron chi connectivity index (χ1n) is 7.85. The molecule has 0 bridgehead atoms. The molecule has 25 heavy (non-hydrogen) atoms. The van der Waals surface area contributed by atoms with E-state index >= 15 is 0 Å². The van der Waals surface area contributed by atoms with E-state index < -0.39 is 5.97 Å². The maximum absolute atomic E-state index is 11.8. The molecule has 0 aliphatic heterocycles. The number of esters is 1. The number of hydrogen-bond donors (Lipinski definition) is 0. The highest BCUT2D eigenvalue weighted by Crippen LogP contribution is 2.17. The molecule has 0 fully saturated rings. The van der Waals surface area contributed by atoms with E-state index in [4.69, 9.17) is 14.0 Å². The molecule has 0 spiro atoms. The monoisotopic (exact) mass is 338 g/mol. The fourth-order valence-electron chi connectivity index (χ4n) is 2.36. The summed E-state index contributed by atoms with van der Waals surface area (Å²) in [5, 5.41) is 3.87. The van der Waals surface area contributed by atoms with Crippen molar-refractivity contribution in [2.24, 2.45) is 0 Å². The third kappa shape index (κ3) is 4.67. The van der Waals surface area contributed by atoms with Crippen molar-refractivity contribution in [3.63, 3.8) is 0 Å². The van der Waals surface area contributed by atoms with Gasteiger partial charge in [-0.3, -0.25) is 0 Å². The van der Waals surface area contributed by atoms with Crippen molar-refractivity contribution in [1.82, 2.24) is 10.1 Å². The molecule has 2 aromatic carbocycles. The number of carbonyl (C=O) groups excluding carboxylic acids is 1. The van der Waals surface area contributed by atoms with Crippen molar-refractivity contribution in [2.45, 2.75) is 20.5 Å². The van der Waals surface area contributed by atoms with Gasteiger partial charge in [0.1, 0.15) is 5.75 Å². The summed E-state index contributed by atoms with van der Waals surface area (Å²) in [5.74, 6) is 0.828. The normalized spacial score (nSPS) is 10.5. The number of ether oxygens (including phenoxy) is 2. The van der Waals surface area contributed by atoms with Crippen LogP contribution in [0.2, 0.25) is 0 Å². The molecule has 0 atom stereocenters. The van der Waals surface area contributed by atoms with Crippen LogP contribution in [0.1, 0.15) is 17.0 Å². The fourth-order valence-corrected chi connectivity index (χ4v) is 2.36. The predicted octanol–water partition coefficient (Wildman–Crippen LogP) is 3.48. The molecule has 0 amide bonds. The Morgan fingerprint density at radius 2 is 1.80 bits per heavy atom. The second kappa shape index (κ2) is 7.61. The zero-order chi connectivity index (χ0) is 17.6. The van der Waals surface area contributed by atoms with E-state index in [1.807, 2.05) is 62.4 Å². The summed E-state index contributed by atoms with van der Waals surface area (Å²) in [4.78, 5) is 16.0. The Balaban J connectivity index is 1.50. The van der Waals surface area contributed by atoms with Gasteiger partial charge >= 0.3 is 5.97 Å². The first kappa shape index (κ1) is 16.7. The third-order valence-corrected chi connectivity index (χ3v) is 3.41. The van der Waals surface area contributed by atoms with E-state index in [0.29, 0.717) is 11.6 Å². The molecule has 1 heterocycles. The zero-order valence-corrected chi connectivity index (χ0v) is 14.1. The maximum Gasteiger partial charge on any atom is 0.344 e. The van der Waals surface area contributed by atoms with Gasteiger partial charge in [-0.25, -0.2) is 4.79 Å². The van der Waals surface area contributed by atoms with Crippen LogP contribution in [0.4, 0.5) is 0 Å². The van der Waals surface area contributed by atoms with Crippen LogP contribution in [-0.4, -0.2) is 22.7 Å². The van der Waals surface area contributed by atoms with Gasteiger partial charge in [-0.1, -0.05) is 41.6 Å². The third-order valence-electron chi connectivity index (χ3n) is 3.41. The maximum atomic E-state index is 11.8. The van der Waals surface area contributed by atoms with Gasteiger partial charge < -0.3 is 14.0 Å². The number of rotatable bonds is 6. The molecular weight excluding hydrogens is 320 g/mol. The highest BCUT2D eigenvalue weighted by molar-refractivity contribution is 5.71. The van der Waals surface area contributed by atoms with Gasteiger partial charge in [0.25, 0.3) is 5.89 Å². The zero-order valence-electron chi connectivity index (χ0n) is 14.1. The summed E-state index contributed by atoms with van der Waals surface area (Å²) in [7, 11) is 0. The lowest BCUT2D eigenvalue weighted by atomic mass is 10.1. The van der Waals surface area contributed by atoms with E-state index in [1.165, 1.54) is 0 Å². The van der Waals surface area contributed by atoms with Gasteiger partial charge in [-0.05, 0) is 37.1 Å². The number of benzene rings is 2. The summed E-state index contributed by atoms with van der Waals surface area (Å²) in [6, 6.07) is 15.2. The van der Waals surface area contributed by atoms with Crippen molar-refractivity contribution in [3.8, 4) is 17.1 Å². The molecule has 3 rings (SSSR count). The molecule has 128 valence electrons. The quantitative estimate of drug-likeness (QED) is 0.641. The van der Waals surface area contributed by atoms with Crippen LogP contribution in [0.25, 0.3) is 11.4 Å². The van der Waals surface area contributed by atoms with Crippen molar-refractivity contribution >= 4 is 5.97 Å². The van der Waals surface area contributed by atoms with Crippen molar-refractivity contribution in [1.29, 1.82) is 0 Å². The van der Waals surface area contributed by atoms with E-state index in [-0.39, 0.29) is 19.1 Å². The molecule has 6 nitrogen and oxygen atoms in total. The lowest BCUT2D eigenvalue weighted by molar-refractivity contribution is -0.148. The topological polar surface area (TPSA) is 74.5 Å². The van der Waals surface area contributed by atoms with Gasteiger partial charge in [-0.2, -0.15) is 4.98 Å². The van der Waals surface area contributed by atoms with Crippen LogP contribution in [0.15, 0.2) is 53.1 Å². The minimum Gasteiger partial charge on any atom is -0.482 e. The number of hydrogen-bond acceptors (Lipinski definition) is 6. The Morgan fingerprint density at radius 3 is 2.52 bits per heavy atom. The van der Waals surface area contributed by atoms with Crippen LogP contribution in [-0.2, 0) is 16.1 Å². The highest BCUT2D eigenvalue weighted by Gasteiger charge is 2.11. The van der Waals surface area contributed by atoms with E-state index in [0.717, 1.165) is 16.7 Å². The minimum absolute atomic E-state index is 0.0884. The standard InChI is InChI=1S/C19H18N2O4/c1-13-8-14(2)10-16(9-13)23-12-18(22)24-11-17-20-19(21-25-17)15-6-4-3-5-7-15/h3-10H,11-12H2,1-2H3. The Hall–Kier alpha value is -3.15. The van der Waals surface area contributed by atoms with Crippen molar-refractivity contribution < 1.29 is 18.8 Å². The molecule has 0 saturated carbocycles. The van der Waals surface area contributed by atoms with Crippen molar-refractivity contribution in [2.75, 3.05) is 6.61 Å². The van der Waals surface area contributed by atoms with E-state index in [9.17, 15) is 4.79 Å². The predicted molar refractivity (Wildman–Crippen MR) is 90.9 cm³/mol. The average Bonchev–Trinajstić information content (AvgIpc) is 3.07. The molecule has 0 radical (unpaired) electrons. The summed E-state index contributed by atoms with van der Waals surface area (Å²) in [5.41, 5.74) is 2.98. The van der Waals surface area contributed by atoms with Crippen LogP contribution >= 0.6 is 0 Å². The second-order valence-electron chi connectivity index (χ2n) is 5.65. The molecular formula is C19H18N2O4. The van der Waals surface area contributed by atoms with Crippen LogP contribution in [0, 0.1) is 13.8 Å². The number of aryl methyl sites for hydroxylation is 2. The first-order chi connectivity index (χ1) is 12.1.